The first-order valence-electron chi connectivity index (χ1n) is 8.89. The minimum Gasteiger partial charge on any atom is -0.488 e. The lowest BCUT2D eigenvalue weighted by Crippen LogP contribution is -2.22. The van der Waals surface area contributed by atoms with Crippen LogP contribution in [0.5, 0.6) is 5.75 Å². The van der Waals surface area contributed by atoms with Crippen LogP contribution in [-0.4, -0.2) is 5.91 Å². The van der Waals surface area contributed by atoms with Crippen molar-refractivity contribution < 1.29 is 9.53 Å². The summed E-state index contributed by atoms with van der Waals surface area (Å²) in [5.41, 5.74) is 8.69. The van der Waals surface area contributed by atoms with Gasteiger partial charge in [-0.1, -0.05) is 24.3 Å². The minimum absolute atomic E-state index is 0.0698. The number of anilines is 1. The lowest BCUT2D eigenvalue weighted by atomic mass is 9.89. The van der Waals surface area contributed by atoms with Crippen LogP contribution in [0.15, 0.2) is 54.6 Å². The maximum Gasteiger partial charge on any atom is 0.258 e. The van der Waals surface area contributed by atoms with Crippen molar-refractivity contribution >= 4 is 11.6 Å². The van der Waals surface area contributed by atoms with Gasteiger partial charge in [-0.15, -0.1) is 0 Å². The number of carbonyl (C=O) groups is 1. The van der Waals surface area contributed by atoms with Crippen LogP contribution < -0.4 is 9.64 Å². The molecule has 3 aromatic rings. The molecular weight excluding hydrogens is 322 g/mol. The number of amides is 1. The van der Waals surface area contributed by atoms with Crippen LogP contribution in [0.1, 0.15) is 32.6 Å². The average Bonchev–Trinajstić information content (AvgIpc) is 2.96. The number of hydrogen-bond acceptors (Lipinski definition) is 2. The van der Waals surface area contributed by atoms with Crippen LogP contribution in [-0.2, 0) is 13.2 Å². The molecule has 0 N–H and O–H groups in total. The Morgan fingerprint density at radius 3 is 2.50 bits per heavy atom. The Hall–Kier alpha value is -3.07. The second kappa shape index (κ2) is 5.46. The summed E-state index contributed by atoms with van der Waals surface area (Å²) in [6, 6.07) is 18.4. The van der Waals surface area contributed by atoms with Gasteiger partial charge in [-0.05, 0) is 72.0 Å². The molecule has 1 amide bonds. The van der Waals surface area contributed by atoms with E-state index < -0.39 is 0 Å². The fraction of sp³-hybridized carbons (Fsp3) is 0.174. The Kier molecular flexibility index (Phi) is 3.20. The number of rotatable bonds is 1. The zero-order valence-electron chi connectivity index (χ0n) is 14.9. The van der Waals surface area contributed by atoms with Crippen LogP contribution in [0.25, 0.3) is 11.1 Å². The molecule has 3 heteroatoms. The van der Waals surface area contributed by atoms with E-state index >= 15 is 0 Å². The Labute approximate surface area is 152 Å². The van der Waals surface area contributed by atoms with Crippen molar-refractivity contribution in [1.29, 1.82) is 0 Å². The van der Waals surface area contributed by atoms with Crippen LogP contribution in [0.3, 0.4) is 0 Å². The van der Waals surface area contributed by atoms with Gasteiger partial charge in [0.25, 0.3) is 5.91 Å². The molecule has 0 fully saturated rings. The molecule has 0 saturated carbocycles. The van der Waals surface area contributed by atoms with Crippen LogP contribution in [0.4, 0.5) is 5.69 Å². The highest BCUT2D eigenvalue weighted by Gasteiger charge is 2.31. The summed E-state index contributed by atoms with van der Waals surface area (Å²) in [6.07, 6.45) is 0. The van der Waals surface area contributed by atoms with E-state index in [1.54, 1.807) is 0 Å². The molecule has 2 aliphatic heterocycles. The first-order chi connectivity index (χ1) is 12.6. The quantitative estimate of drug-likeness (QED) is 0.622. The second-order valence-corrected chi connectivity index (χ2v) is 7.14. The second-order valence-electron chi connectivity index (χ2n) is 7.14. The van der Waals surface area contributed by atoms with E-state index in [2.05, 4.69) is 32.0 Å². The third-order valence-corrected chi connectivity index (χ3v) is 5.30. The first-order valence-corrected chi connectivity index (χ1v) is 8.89. The Bertz CT molecular complexity index is 1050. The Morgan fingerprint density at radius 1 is 0.923 bits per heavy atom. The fourth-order valence-corrected chi connectivity index (χ4v) is 4.12. The molecule has 0 unspecified atom stereocenters. The normalized spacial score (nSPS) is 14.5. The third kappa shape index (κ3) is 2.17. The summed E-state index contributed by atoms with van der Waals surface area (Å²) in [7, 11) is 0. The van der Waals surface area contributed by atoms with E-state index in [1.165, 1.54) is 16.7 Å². The summed E-state index contributed by atoms with van der Waals surface area (Å²) >= 11 is 0. The van der Waals surface area contributed by atoms with Gasteiger partial charge in [0.15, 0.2) is 0 Å². The Balaban J connectivity index is 1.64. The number of fused-ring (bicyclic) bond motifs is 4. The summed E-state index contributed by atoms with van der Waals surface area (Å²) in [5, 5.41) is 0. The smallest absolute Gasteiger partial charge is 0.258 e. The van der Waals surface area contributed by atoms with Gasteiger partial charge in [0, 0.05) is 16.8 Å². The standard InChI is InChI=1S/C23H19NO2/c1-14-8-15(2)22-19-10-16-12-24(18-6-4-3-5-7-18)23(25)20(16)11-17(19)13-26-21(22)9-14/h3-11H,12-13H2,1-2H3. The number of para-hydroxylation sites is 1. The maximum absolute atomic E-state index is 12.9. The number of aryl methyl sites for hydroxylation is 2. The maximum atomic E-state index is 12.9. The highest BCUT2D eigenvalue weighted by molar-refractivity contribution is 6.10. The predicted octanol–water partition coefficient (Wildman–Crippen LogP) is 5.02. The highest BCUT2D eigenvalue weighted by Crippen LogP contribution is 2.43. The number of hydrogen-bond donors (Lipinski definition) is 0. The SMILES string of the molecule is Cc1cc(C)c2c(c1)OCc1cc3c(cc1-2)CN(c1ccccc1)C3=O. The zero-order valence-corrected chi connectivity index (χ0v) is 14.9. The summed E-state index contributed by atoms with van der Waals surface area (Å²) in [5.74, 6) is 1.01. The molecule has 2 aliphatic rings. The molecule has 0 spiro atoms. The van der Waals surface area contributed by atoms with Gasteiger partial charge in [0.2, 0.25) is 0 Å². The third-order valence-electron chi connectivity index (χ3n) is 5.30. The van der Waals surface area contributed by atoms with Crippen molar-refractivity contribution in [2.24, 2.45) is 0 Å². The van der Waals surface area contributed by atoms with Gasteiger partial charge in [0.05, 0.1) is 6.54 Å². The fourth-order valence-electron chi connectivity index (χ4n) is 4.12. The monoisotopic (exact) mass is 341 g/mol. The molecule has 26 heavy (non-hydrogen) atoms. The van der Waals surface area contributed by atoms with Crippen molar-refractivity contribution in [3.63, 3.8) is 0 Å². The summed E-state index contributed by atoms with van der Waals surface area (Å²) in [4.78, 5) is 14.8. The number of carbonyl (C=O) groups excluding carboxylic acids is 1. The molecule has 0 saturated heterocycles. The molecule has 3 aromatic carbocycles. The van der Waals surface area contributed by atoms with E-state index in [9.17, 15) is 4.79 Å². The van der Waals surface area contributed by atoms with Crippen LogP contribution in [0, 0.1) is 13.8 Å². The van der Waals surface area contributed by atoms with Gasteiger partial charge < -0.3 is 9.64 Å². The molecule has 5 rings (SSSR count). The number of benzene rings is 3. The first kappa shape index (κ1) is 15.2. The van der Waals surface area contributed by atoms with E-state index in [-0.39, 0.29) is 5.91 Å². The average molecular weight is 341 g/mol. The van der Waals surface area contributed by atoms with Crippen molar-refractivity contribution in [3.8, 4) is 16.9 Å². The van der Waals surface area contributed by atoms with Gasteiger partial charge in [-0.25, -0.2) is 0 Å². The minimum atomic E-state index is 0.0698. The van der Waals surface area contributed by atoms with Crippen molar-refractivity contribution in [2.75, 3.05) is 4.90 Å². The summed E-state index contributed by atoms with van der Waals surface area (Å²) in [6.45, 7) is 5.34. The highest BCUT2D eigenvalue weighted by atomic mass is 16.5. The van der Waals surface area contributed by atoms with E-state index in [4.69, 9.17) is 4.74 Å². The number of ether oxygens (including phenoxy) is 1. The van der Waals surface area contributed by atoms with Gasteiger partial charge in [-0.3, -0.25) is 4.79 Å². The predicted molar refractivity (Wildman–Crippen MR) is 103 cm³/mol. The zero-order chi connectivity index (χ0) is 17.8. The molecule has 0 radical (unpaired) electrons. The molecule has 0 bridgehead atoms. The molecule has 0 aromatic heterocycles. The lowest BCUT2D eigenvalue weighted by molar-refractivity contribution is 0.0996. The van der Waals surface area contributed by atoms with E-state index in [0.29, 0.717) is 13.2 Å². The van der Waals surface area contributed by atoms with Crippen molar-refractivity contribution in [2.45, 2.75) is 27.0 Å². The van der Waals surface area contributed by atoms with Gasteiger partial charge >= 0.3 is 0 Å². The topological polar surface area (TPSA) is 29.5 Å². The number of nitrogens with zero attached hydrogens (tertiary/aromatic N) is 1. The van der Waals surface area contributed by atoms with E-state index in [0.717, 1.165) is 33.7 Å². The summed E-state index contributed by atoms with van der Waals surface area (Å²) < 4.78 is 5.99. The van der Waals surface area contributed by atoms with E-state index in [1.807, 2.05) is 41.3 Å². The molecule has 0 aliphatic carbocycles. The molecule has 0 atom stereocenters. The Morgan fingerprint density at radius 2 is 1.69 bits per heavy atom. The van der Waals surface area contributed by atoms with Crippen molar-refractivity contribution in [3.05, 3.63) is 82.4 Å². The lowest BCUT2D eigenvalue weighted by Gasteiger charge is -2.24. The largest absolute Gasteiger partial charge is 0.488 e. The molecule has 3 nitrogen and oxygen atoms in total. The van der Waals surface area contributed by atoms with Gasteiger partial charge in [-0.2, -0.15) is 0 Å². The molecular formula is C23H19NO2. The van der Waals surface area contributed by atoms with Gasteiger partial charge in [0.1, 0.15) is 12.4 Å². The van der Waals surface area contributed by atoms with Crippen molar-refractivity contribution in [1.82, 2.24) is 0 Å². The van der Waals surface area contributed by atoms with Crippen LogP contribution in [0.2, 0.25) is 0 Å². The molecule has 128 valence electrons. The van der Waals surface area contributed by atoms with Crippen LogP contribution >= 0.6 is 0 Å². The molecule has 2 heterocycles.